The van der Waals surface area contributed by atoms with Gasteiger partial charge in [0, 0.05) is 17.2 Å². The lowest BCUT2D eigenvalue weighted by Crippen LogP contribution is -2.20. The summed E-state index contributed by atoms with van der Waals surface area (Å²) in [7, 11) is 0. The number of hydrogen-bond donors (Lipinski definition) is 4. The number of carbonyl (C=O) groups is 1. The summed E-state index contributed by atoms with van der Waals surface area (Å²) in [6.07, 6.45) is 1.53. The van der Waals surface area contributed by atoms with Crippen molar-refractivity contribution in [1.29, 1.82) is 0 Å². The van der Waals surface area contributed by atoms with Crippen molar-refractivity contribution in [3.63, 3.8) is 0 Å². The second-order valence-corrected chi connectivity index (χ2v) is 9.16. The number of urea groups is 1. The number of nitrogen functional groups attached to an aromatic ring is 1. The van der Waals surface area contributed by atoms with Gasteiger partial charge in [-0.05, 0) is 42.5 Å². The minimum atomic E-state index is -0.797. The largest absolute Gasteiger partial charge is 0.368 e. The van der Waals surface area contributed by atoms with Crippen molar-refractivity contribution in [2.45, 2.75) is 26.2 Å². The first-order valence-corrected chi connectivity index (χ1v) is 10.9. The van der Waals surface area contributed by atoms with Crippen LogP contribution < -0.4 is 16.4 Å². The Labute approximate surface area is 205 Å². The molecule has 0 aliphatic heterocycles. The van der Waals surface area contributed by atoms with E-state index in [9.17, 15) is 13.6 Å². The monoisotopic (exact) mass is 497 g/mol. The van der Waals surface area contributed by atoms with E-state index in [1.807, 2.05) is 20.8 Å². The smallest absolute Gasteiger partial charge is 0.323 e. The molecule has 0 aliphatic rings. The summed E-state index contributed by atoms with van der Waals surface area (Å²) in [6.45, 7) is 5.98. The first kappa shape index (κ1) is 24.1. The molecule has 0 saturated carbocycles. The van der Waals surface area contributed by atoms with Crippen LogP contribution in [0, 0.1) is 11.6 Å². The van der Waals surface area contributed by atoms with E-state index >= 15 is 0 Å². The molecule has 35 heavy (non-hydrogen) atoms. The summed E-state index contributed by atoms with van der Waals surface area (Å²) in [5.41, 5.74) is 7.46. The Morgan fingerprint density at radius 2 is 1.77 bits per heavy atom. The van der Waals surface area contributed by atoms with Crippen LogP contribution in [0.4, 0.5) is 30.9 Å². The molecule has 2 aromatic heterocycles. The van der Waals surface area contributed by atoms with Gasteiger partial charge in [0.15, 0.2) is 0 Å². The van der Waals surface area contributed by atoms with Gasteiger partial charge in [-0.1, -0.05) is 32.4 Å². The normalized spacial score (nSPS) is 11.4. The van der Waals surface area contributed by atoms with Gasteiger partial charge in [0.05, 0.1) is 33.5 Å². The molecular formula is C24H22ClF2N7O. The van der Waals surface area contributed by atoms with E-state index in [0.717, 1.165) is 12.1 Å². The molecule has 4 rings (SSSR count). The van der Waals surface area contributed by atoms with E-state index < -0.39 is 17.7 Å². The Hall–Kier alpha value is -4.05. The maximum absolute atomic E-state index is 14.6. The average molecular weight is 498 g/mol. The highest BCUT2D eigenvalue weighted by atomic mass is 35.5. The van der Waals surface area contributed by atoms with Gasteiger partial charge in [-0.2, -0.15) is 0 Å². The summed E-state index contributed by atoms with van der Waals surface area (Å²) in [5.74, 6) is -0.482. The molecule has 0 unspecified atom stereocenters. The van der Waals surface area contributed by atoms with E-state index in [4.69, 9.17) is 22.3 Å². The van der Waals surface area contributed by atoms with Crippen molar-refractivity contribution in [2.24, 2.45) is 0 Å². The Balaban J connectivity index is 1.70. The Kier molecular flexibility index (Phi) is 6.40. The summed E-state index contributed by atoms with van der Waals surface area (Å²) in [5, 5.41) is 4.98. The minimum absolute atomic E-state index is 0.0477. The fraction of sp³-hybridized carbons (Fsp3) is 0.167. The van der Waals surface area contributed by atoms with Gasteiger partial charge < -0.3 is 21.4 Å². The van der Waals surface area contributed by atoms with Crippen LogP contribution >= 0.6 is 11.6 Å². The van der Waals surface area contributed by atoms with Crippen LogP contribution in [0.15, 0.2) is 48.7 Å². The molecule has 180 valence electrons. The molecular weight excluding hydrogens is 476 g/mol. The van der Waals surface area contributed by atoms with Gasteiger partial charge in [-0.15, -0.1) is 0 Å². The molecule has 2 amide bonds. The number of aromatic amines is 1. The zero-order valence-corrected chi connectivity index (χ0v) is 19.8. The number of aromatic nitrogens is 4. The average Bonchev–Trinajstić information content (AvgIpc) is 3.24. The lowest BCUT2D eigenvalue weighted by molar-refractivity contribution is 0.262. The highest BCUT2D eigenvalue weighted by Crippen LogP contribution is 2.34. The molecule has 11 heteroatoms. The predicted octanol–water partition coefficient (Wildman–Crippen LogP) is 5.99. The van der Waals surface area contributed by atoms with Crippen molar-refractivity contribution in [3.05, 3.63) is 71.1 Å². The van der Waals surface area contributed by atoms with Crippen LogP contribution in [0.5, 0.6) is 0 Å². The van der Waals surface area contributed by atoms with Gasteiger partial charge in [0.1, 0.15) is 17.5 Å². The Morgan fingerprint density at radius 3 is 2.49 bits per heavy atom. The lowest BCUT2D eigenvalue weighted by Gasteiger charge is -2.14. The van der Waals surface area contributed by atoms with Gasteiger partial charge >= 0.3 is 6.03 Å². The number of H-pyrrole nitrogens is 1. The fourth-order valence-electron chi connectivity index (χ4n) is 3.27. The molecule has 0 spiro atoms. The number of halogens is 3. The quantitative estimate of drug-likeness (QED) is 0.276. The summed E-state index contributed by atoms with van der Waals surface area (Å²) < 4.78 is 28.1. The number of carbonyl (C=O) groups excluding carboxylic acids is 1. The lowest BCUT2D eigenvalue weighted by atomic mass is 9.96. The molecule has 2 aromatic carbocycles. The molecule has 0 bridgehead atoms. The van der Waals surface area contributed by atoms with Gasteiger partial charge in [-0.3, -0.25) is 0 Å². The van der Waals surface area contributed by atoms with Crippen molar-refractivity contribution >= 4 is 35.0 Å². The minimum Gasteiger partial charge on any atom is -0.368 e. The fourth-order valence-corrected chi connectivity index (χ4v) is 3.44. The van der Waals surface area contributed by atoms with Crippen LogP contribution in [0.1, 0.15) is 26.6 Å². The molecule has 2 heterocycles. The summed E-state index contributed by atoms with van der Waals surface area (Å²) in [6, 6.07) is 8.60. The van der Waals surface area contributed by atoms with Crippen molar-refractivity contribution < 1.29 is 13.6 Å². The van der Waals surface area contributed by atoms with E-state index in [1.165, 1.54) is 24.4 Å². The topological polar surface area (TPSA) is 122 Å². The van der Waals surface area contributed by atoms with Gasteiger partial charge in [0.25, 0.3) is 0 Å². The maximum atomic E-state index is 14.6. The van der Waals surface area contributed by atoms with Crippen LogP contribution in [-0.2, 0) is 5.41 Å². The highest BCUT2D eigenvalue weighted by Gasteiger charge is 2.24. The van der Waals surface area contributed by atoms with Gasteiger partial charge in [0.2, 0.25) is 5.95 Å². The summed E-state index contributed by atoms with van der Waals surface area (Å²) in [4.78, 5) is 28.7. The number of rotatable bonds is 4. The number of imidazole rings is 1. The Morgan fingerprint density at radius 1 is 1.03 bits per heavy atom. The molecule has 8 nitrogen and oxygen atoms in total. The zero-order valence-electron chi connectivity index (χ0n) is 19.1. The number of nitrogens with zero attached hydrogens (tertiary/aromatic N) is 3. The van der Waals surface area contributed by atoms with E-state index in [0.29, 0.717) is 28.5 Å². The standard InChI is InChI=1S/C24H22ClF2N7O/c1-24(2,3)21-33-19(20(34-21)16-8-9-29-22(28)30-16)12-4-7-15(27)18(10-12)32-23(35)31-17-11-13(26)5-6-14(17)25/h4-11H,1-3H3,(H,33,34)(H2,28,29,30)(H2,31,32,35). The van der Waals surface area contributed by atoms with Crippen molar-refractivity contribution in [3.8, 4) is 22.6 Å². The third kappa shape index (κ3) is 5.38. The zero-order chi connectivity index (χ0) is 25.3. The summed E-state index contributed by atoms with van der Waals surface area (Å²) >= 11 is 5.99. The van der Waals surface area contributed by atoms with Gasteiger partial charge in [-0.25, -0.2) is 28.5 Å². The van der Waals surface area contributed by atoms with Crippen LogP contribution in [-0.4, -0.2) is 26.0 Å². The number of nitrogens with one attached hydrogen (secondary N) is 3. The molecule has 0 atom stereocenters. The number of amides is 2. The van der Waals surface area contributed by atoms with Crippen LogP contribution in [0.2, 0.25) is 5.02 Å². The molecule has 4 aromatic rings. The Bertz CT molecular complexity index is 1420. The molecule has 0 aliphatic carbocycles. The van der Waals surface area contributed by atoms with Crippen LogP contribution in [0.3, 0.4) is 0 Å². The van der Waals surface area contributed by atoms with Crippen LogP contribution in [0.25, 0.3) is 22.6 Å². The maximum Gasteiger partial charge on any atom is 0.323 e. The first-order valence-electron chi connectivity index (χ1n) is 10.5. The second kappa shape index (κ2) is 9.30. The third-order valence-corrected chi connectivity index (χ3v) is 5.34. The molecule has 0 radical (unpaired) electrons. The number of hydrogen-bond acceptors (Lipinski definition) is 5. The van der Waals surface area contributed by atoms with Crippen molar-refractivity contribution in [2.75, 3.05) is 16.4 Å². The van der Waals surface area contributed by atoms with Crippen molar-refractivity contribution in [1.82, 2.24) is 19.9 Å². The molecule has 5 N–H and O–H groups in total. The molecule has 0 saturated heterocycles. The number of benzene rings is 2. The van der Waals surface area contributed by atoms with E-state index in [-0.39, 0.29) is 27.8 Å². The highest BCUT2D eigenvalue weighted by molar-refractivity contribution is 6.33. The van der Waals surface area contributed by atoms with E-state index in [1.54, 1.807) is 12.1 Å². The second-order valence-electron chi connectivity index (χ2n) is 8.76. The number of nitrogens with two attached hydrogens (primary N) is 1. The molecule has 0 fully saturated rings. The first-order chi connectivity index (χ1) is 16.5. The number of anilines is 3. The SMILES string of the molecule is CC(C)(C)c1nc(-c2ccc(F)c(NC(=O)Nc3cc(F)ccc3Cl)c2)c(-c2ccnc(N)n2)[nH]1. The predicted molar refractivity (Wildman–Crippen MR) is 132 cm³/mol. The van der Waals surface area contributed by atoms with E-state index in [2.05, 4.69) is 25.6 Å². The third-order valence-electron chi connectivity index (χ3n) is 5.01.